The molecule has 3 nitrogen and oxygen atoms in total. The molecule has 1 N–H and O–H groups in total. The molecular formula is C14H13BrFN3S. The van der Waals surface area contributed by atoms with Crippen LogP contribution in [0, 0.1) is 19.7 Å². The largest absolute Gasteiger partial charge is 0.379 e. The van der Waals surface area contributed by atoms with Crippen molar-refractivity contribution in [3.8, 4) is 0 Å². The van der Waals surface area contributed by atoms with E-state index in [1.165, 1.54) is 6.07 Å². The van der Waals surface area contributed by atoms with Crippen molar-refractivity contribution in [2.75, 3.05) is 5.32 Å². The van der Waals surface area contributed by atoms with Crippen molar-refractivity contribution < 1.29 is 4.39 Å². The molecular weight excluding hydrogens is 341 g/mol. The van der Waals surface area contributed by atoms with E-state index >= 15 is 0 Å². The summed E-state index contributed by atoms with van der Waals surface area (Å²) in [5.41, 5.74) is 3.95. The molecule has 0 aliphatic carbocycles. The van der Waals surface area contributed by atoms with Crippen molar-refractivity contribution >= 4 is 37.9 Å². The Labute approximate surface area is 128 Å². The zero-order valence-electron chi connectivity index (χ0n) is 11.1. The number of fused-ring (bicyclic) bond motifs is 1. The van der Waals surface area contributed by atoms with Crippen LogP contribution in [0.4, 0.5) is 10.1 Å². The van der Waals surface area contributed by atoms with Crippen LogP contribution in [-0.2, 0) is 6.54 Å². The number of benzene rings is 1. The number of hydrogen-bond donors (Lipinski definition) is 1. The average molecular weight is 354 g/mol. The third-order valence-corrected chi connectivity index (χ3v) is 4.64. The molecule has 2 aromatic heterocycles. The second kappa shape index (κ2) is 5.18. The number of aromatic nitrogens is 2. The minimum absolute atomic E-state index is 0.242. The van der Waals surface area contributed by atoms with Crippen molar-refractivity contribution in [3.05, 3.63) is 51.0 Å². The number of nitrogens with zero attached hydrogens (tertiary/aromatic N) is 2. The van der Waals surface area contributed by atoms with Crippen LogP contribution in [-0.4, -0.2) is 9.38 Å². The van der Waals surface area contributed by atoms with Crippen molar-refractivity contribution in [2.24, 2.45) is 0 Å². The van der Waals surface area contributed by atoms with Gasteiger partial charge in [-0.1, -0.05) is 0 Å². The Morgan fingerprint density at radius 3 is 3.00 bits per heavy atom. The van der Waals surface area contributed by atoms with Gasteiger partial charge in [-0.2, -0.15) is 0 Å². The summed E-state index contributed by atoms with van der Waals surface area (Å²) in [6.07, 6.45) is 2.02. The second-order valence-electron chi connectivity index (χ2n) is 4.63. The van der Waals surface area contributed by atoms with E-state index in [4.69, 9.17) is 0 Å². The van der Waals surface area contributed by atoms with Crippen LogP contribution in [0.3, 0.4) is 0 Å². The SMILES string of the molecule is Cc1cc(F)c(Br)cc1NCc1c(C)nc2sccn12. The molecule has 0 spiro atoms. The lowest BCUT2D eigenvalue weighted by Crippen LogP contribution is -2.05. The maximum atomic E-state index is 13.4. The van der Waals surface area contributed by atoms with Gasteiger partial charge in [0, 0.05) is 17.3 Å². The van der Waals surface area contributed by atoms with Crippen LogP contribution in [0.25, 0.3) is 4.96 Å². The first-order valence-electron chi connectivity index (χ1n) is 6.17. The molecule has 0 amide bonds. The molecule has 6 heteroatoms. The van der Waals surface area contributed by atoms with Gasteiger partial charge in [0.05, 0.1) is 22.4 Å². The van der Waals surface area contributed by atoms with Gasteiger partial charge in [-0.3, -0.25) is 4.40 Å². The van der Waals surface area contributed by atoms with E-state index in [1.54, 1.807) is 17.4 Å². The topological polar surface area (TPSA) is 29.3 Å². The average Bonchev–Trinajstić information content (AvgIpc) is 2.93. The summed E-state index contributed by atoms with van der Waals surface area (Å²) in [7, 11) is 0. The molecule has 2 heterocycles. The predicted molar refractivity (Wildman–Crippen MR) is 84.0 cm³/mol. The van der Waals surface area contributed by atoms with Crippen LogP contribution >= 0.6 is 27.3 Å². The first-order valence-corrected chi connectivity index (χ1v) is 7.84. The summed E-state index contributed by atoms with van der Waals surface area (Å²) in [6.45, 7) is 4.55. The summed E-state index contributed by atoms with van der Waals surface area (Å²) in [5, 5.41) is 5.37. The Kier molecular flexibility index (Phi) is 3.52. The Hall–Kier alpha value is -1.40. The van der Waals surface area contributed by atoms with E-state index in [9.17, 15) is 4.39 Å². The molecule has 0 aliphatic heterocycles. The highest BCUT2D eigenvalue weighted by Gasteiger charge is 2.10. The highest BCUT2D eigenvalue weighted by atomic mass is 79.9. The van der Waals surface area contributed by atoms with E-state index in [1.807, 2.05) is 25.4 Å². The maximum absolute atomic E-state index is 13.4. The number of nitrogens with one attached hydrogen (secondary N) is 1. The van der Waals surface area contributed by atoms with Crippen molar-refractivity contribution in [3.63, 3.8) is 0 Å². The van der Waals surface area contributed by atoms with Gasteiger partial charge in [-0.15, -0.1) is 11.3 Å². The molecule has 0 saturated carbocycles. The van der Waals surface area contributed by atoms with Gasteiger partial charge < -0.3 is 5.32 Å². The Morgan fingerprint density at radius 1 is 1.40 bits per heavy atom. The molecule has 3 rings (SSSR count). The molecule has 104 valence electrons. The number of anilines is 1. The summed E-state index contributed by atoms with van der Waals surface area (Å²) >= 11 is 4.83. The number of imidazole rings is 1. The third-order valence-electron chi connectivity index (χ3n) is 3.27. The van der Waals surface area contributed by atoms with E-state index < -0.39 is 0 Å². The molecule has 0 unspecified atom stereocenters. The minimum Gasteiger partial charge on any atom is -0.379 e. The Balaban J connectivity index is 1.88. The molecule has 0 saturated heterocycles. The quantitative estimate of drug-likeness (QED) is 0.749. The first kappa shape index (κ1) is 13.6. The second-order valence-corrected chi connectivity index (χ2v) is 6.36. The summed E-state index contributed by atoms with van der Waals surface area (Å²) in [5.74, 6) is -0.242. The lowest BCUT2D eigenvalue weighted by Gasteiger charge is -2.11. The highest BCUT2D eigenvalue weighted by Crippen LogP contribution is 2.25. The minimum atomic E-state index is -0.242. The van der Waals surface area contributed by atoms with E-state index in [0.717, 1.165) is 27.6 Å². The van der Waals surface area contributed by atoms with Crippen molar-refractivity contribution in [1.82, 2.24) is 9.38 Å². The smallest absolute Gasteiger partial charge is 0.194 e. The van der Waals surface area contributed by atoms with E-state index in [0.29, 0.717) is 11.0 Å². The molecule has 20 heavy (non-hydrogen) atoms. The standard InChI is InChI=1S/C14H13BrFN3S/c1-8-5-11(16)10(15)6-12(8)17-7-13-9(2)18-14-19(13)3-4-20-14/h3-6,17H,7H2,1-2H3. The lowest BCUT2D eigenvalue weighted by molar-refractivity contribution is 0.620. The summed E-state index contributed by atoms with van der Waals surface area (Å²) in [4.78, 5) is 5.51. The number of halogens is 2. The van der Waals surface area contributed by atoms with Gasteiger partial charge in [-0.05, 0) is 47.5 Å². The molecule has 0 fully saturated rings. The molecule has 0 bridgehead atoms. The van der Waals surface area contributed by atoms with Crippen LogP contribution in [0.5, 0.6) is 0 Å². The third kappa shape index (κ3) is 2.33. The number of hydrogen-bond acceptors (Lipinski definition) is 3. The molecule has 0 atom stereocenters. The summed E-state index contributed by atoms with van der Waals surface area (Å²) in [6, 6.07) is 3.29. The van der Waals surface area contributed by atoms with Crippen LogP contribution in [0.1, 0.15) is 17.0 Å². The Bertz CT molecular complexity index is 778. The van der Waals surface area contributed by atoms with Crippen LogP contribution in [0.15, 0.2) is 28.2 Å². The molecule has 0 aliphatic rings. The first-order chi connectivity index (χ1) is 9.56. The number of aryl methyl sites for hydroxylation is 2. The fraction of sp³-hybridized carbons (Fsp3) is 0.214. The molecule has 3 aromatic rings. The van der Waals surface area contributed by atoms with E-state index in [2.05, 4.69) is 30.6 Å². The normalized spacial score (nSPS) is 11.2. The lowest BCUT2D eigenvalue weighted by atomic mass is 10.2. The Morgan fingerprint density at radius 2 is 2.20 bits per heavy atom. The van der Waals surface area contributed by atoms with Crippen molar-refractivity contribution in [2.45, 2.75) is 20.4 Å². The van der Waals surface area contributed by atoms with Gasteiger partial charge in [-0.25, -0.2) is 9.37 Å². The number of thiazole rings is 1. The van der Waals surface area contributed by atoms with Crippen LogP contribution in [0.2, 0.25) is 0 Å². The monoisotopic (exact) mass is 353 g/mol. The maximum Gasteiger partial charge on any atom is 0.194 e. The van der Waals surface area contributed by atoms with Gasteiger partial charge in [0.1, 0.15) is 5.82 Å². The predicted octanol–water partition coefficient (Wildman–Crippen LogP) is 4.53. The van der Waals surface area contributed by atoms with Gasteiger partial charge in [0.25, 0.3) is 0 Å². The fourth-order valence-corrected chi connectivity index (χ4v) is 3.29. The zero-order valence-corrected chi connectivity index (χ0v) is 13.5. The van der Waals surface area contributed by atoms with Gasteiger partial charge in [0.15, 0.2) is 4.96 Å². The highest BCUT2D eigenvalue weighted by molar-refractivity contribution is 9.10. The molecule has 0 radical (unpaired) electrons. The fourth-order valence-electron chi connectivity index (χ4n) is 2.17. The number of rotatable bonds is 3. The van der Waals surface area contributed by atoms with Crippen molar-refractivity contribution in [1.29, 1.82) is 0 Å². The van der Waals surface area contributed by atoms with Gasteiger partial charge in [0.2, 0.25) is 0 Å². The zero-order chi connectivity index (χ0) is 14.3. The van der Waals surface area contributed by atoms with Crippen LogP contribution < -0.4 is 5.32 Å². The summed E-state index contributed by atoms with van der Waals surface area (Å²) < 4.78 is 16.0. The van der Waals surface area contributed by atoms with E-state index in [-0.39, 0.29) is 5.82 Å². The molecule has 1 aromatic carbocycles. The van der Waals surface area contributed by atoms with Gasteiger partial charge >= 0.3 is 0 Å².